The fraction of sp³-hybridized carbons (Fsp3) is 0.500. The maximum Gasteiger partial charge on any atom is 0.321 e. The van der Waals surface area contributed by atoms with Crippen molar-refractivity contribution < 1.29 is 28.7 Å². The summed E-state index contributed by atoms with van der Waals surface area (Å²) in [4.78, 5) is 69.2. The van der Waals surface area contributed by atoms with Gasteiger partial charge in [-0.05, 0) is 19.8 Å². The molecule has 6 atom stereocenters. The zero-order valence-electron chi connectivity index (χ0n) is 23.5. The van der Waals surface area contributed by atoms with Gasteiger partial charge in [0.25, 0.3) is 17.7 Å². The van der Waals surface area contributed by atoms with Crippen LogP contribution >= 0.6 is 22.7 Å². The largest absolute Gasteiger partial charge is 0.443 e. The third kappa shape index (κ3) is 4.35. The lowest BCUT2D eigenvalue weighted by Gasteiger charge is -2.29. The predicted molar refractivity (Wildman–Crippen MR) is 150 cm³/mol. The quantitative estimate of drug-likeness (QED) is 0.337. The van der Waals surface area contributed by atoms with Gasteiger partial charge in [0.05, 0.1) is 12.1 Å². The van der Waals surface area contributed by atoms with Crippen LogP contribution < -0.4 is 16.0 Å². The molecule has 6 rings (SSSR count). The number of carbonyl (C=O) groups excluding carboxylic acids is 4. The minimum atomic E-state index is -1.70. The van der Waals surface area contributed by atoms with Crippen LogP contribution in [0.5, 0.6) is 0 Å². The molecule has 2 saturated heterocycles. The average Bonchev–Trinajstić information content (AvgIpc) is 3.77. The molecule has 6 bridgehead atoms. The molecule has 3 aromatic heterocycles. The van der Waals surface area contributed by atoms with E-state index in [-0.39, 0.29) is 35.3 Å². The Kier molecular flexibility index (Phi) is 6.81. The van der Waals surface area contributed by atoms with Crippen molar-refractivity contribution in [2.24, 2.45) is 5.92 Å². The van der Waals surface area contributed by atoms with Gasteiger partial charge in [-0.25, -0.2) is 19.7 Å². The van der Waals surface area contributed by atoms with E-state index < -0.39 is 53.8 Å². The minimum Gasteiger partial charge on any atom is -0.443 e. The summed E-state index contributed by atoms with van der Waals surface area (Å²) in [6, 6.07) is -2.49. The zero-order valence-corrected chi connectivity index (χ0v) is 25.1. The summed E-state index contributed by atoms with van der Waals surface area (Å²) in [6.45, 7) is 7.27. The van der Waals surface area contributed by atoms with Crippen LogP contribution in [0.1, 0.15) is 105 Å². The maximum atomic E-state index is 14.1. The molecule has 3 aliphatic heterocycles. The molecule has 42 heavy (non-hydrogen) atoms. The lowest BCUT2D eigenvalue weighted by atomic mass is 9.99. The van der Waals surface area contributed by atoms with Gasteiger partial charge < -0.3 is 30.4 Å². The molecule has 16 heteroatoms. The van der Waals surface area contributed by atoms with Crippen molar-refractivity contribution in [3.8, 4) is 0 Å². The van der Waals surface area contributed by atoms with Gasteiger partial charge >= 0.3 is 6.03 Å². The number of likely N-dealkylation sites (N-methyl/N-ethyl adjacent to an activating group) is 1. The topological polar surface area (TPSA) is 183 Å². The molecule has 5 amide bonds. The molecule has 0 radical (unpaired) electrons. The molecule has 3 aromatic rings. The van der Waals surface area contributed by atoms with Crippen LogP contribution in [0.3, 0.4) is 0 Å². The SMILES string of the molecule is CCC(C)C1NC(=O)c2nc(oc2C)C(C)NC(=O)c2csc(n2)C2CC3(O)C(NC(=O)N3C)N2C(=O)c2csc1n2. The number of carbonyl (C=O) groups is 4. The molecule has 0 saturated carbocycles. The number of oxazole rings is 1. The lowest BCUT2D eigenvalue weighted by molar-refractivity contribution is -0.0647. The normalized spacial score (nSPS) is 28.4. The minimum absolute atomic E-state index is 0.0233. The third-order valence-corrected chi connectivity index (χ3v) is 10.1. The van der Waals surface area contributed by atoms with Gasteiger partial charge in [0, 0.05) is 24.2 Å². The Hall–Kier alpha value is -3.89. The number of urea groups is 1. The molecular formula is C26H30N8O6S2. The number of hydrogen-bond donors (Lipinski definition) is 4. The molecule has 3 aliphatic rings. The number of rotatable bonds is 2. The van der Waals surface area contributed by atoms with Crippen LogP contribution in [-0.4, -0.2) is 72.5 Å². The summed E-state index contributed by atoms with van der Waals surface area (Å²) >= 11 is 2.40. The number of fused-ring (bicyclic) bond motifs is 10. The van der Waals surface area contributed by atoms with Crippen molar-refractivity contribution in [3.63, 3.8) is 0 Å². The average molecular weight is 615 g/mol. The molecule has 6 unspecified atom stereocenters. The van der Waals surface area contributed by atoms with E-state index in [0.717, 1.165) is 0 Å². The first kappa shape index (κ1) is 28.2. The van der Waals surface area contributed by atoms with E-state index in [1.165, 1.54) is 39.5 Å². The van der Waals surface area contributed by atoms with Gasteiger partial charge in [0.1, 0.15) is 33.2 Å². The molecule has 2 fully saturated rings. The molecule has 14 nitrogen and oxygen atoms in total. The Morgan fingerprint density at radius 2 is 1.76 bits per heavy atom. The monoisotopic (exact) mass is 614 g/mol. The number of amides is 5. The third-order valence-electron chi connectivity index (χ3n) is 8.22. The van der Waals surface area contributed by atoms with Gasteiger partial charge in [-0.15, -0.1) is 22.7 Å². The second kappa shape index (κ2) is 10.1. The second-order valence-corrected chi connectivity index (χ2v) is 12.6. The van der Waals surface area contributed by atoms with Gasteiger partial charge in [0.2, 0.25) is 5.89 Å². The summed E-state index contributed by atoms with van der Waals surface area (Å²) in [5.74, 6) is -1.08. The number of aryl methyl sites for hydroxylation is 1. The molecule has 4 N–H and O–H groups in total. The van der Waals surface area contributed by atoms with Gasteiger partial charge in [-0.1, -0.05) is 20.3 Å². The fourth-order valence-electron chi connectivity index (χ4n) is 5.50. The first-order valence-corrected chi connectivity index (χ1v) is 15.3. The summed E-state index contributed by atoms with van der Waals surface area (Å²) in [5, 5.41) is 24.2. The van der Waals surface area contributed by atoms with Crippen molar-refractivity contribution in [3.05, 3.63) is 49.5 Å². The predicted octanol–water partition coefficient (Wildman–Crippen LogP) is 2.47. The molecule has 0 aromatic carbocycles. The van der Waals surface area contributed by atoms with Gasteiger partial charge in [-0.3, -0.25) is 19.3 Å². The summed E-state index contributed by atoms with van der Waals surface area (Å²) in [7, 11) is 1.46. The highest BCUT2D eigenvalue weighted by atomic mass is 32.1. The van der Waals surface area contributed by atoms with Gasteiger partial charge in [0.15, 0.2) is 17.6 Å². The van der Waals surface area contributed by atoms with E-state index in [0.29, 0.717) is 22.2 Å². The highest BCUT2D eigenvalue weighted by Crippen LogP contribution is 2.47. The maximum absolute atomic E-state index is 14.1. The Morgan fingerprint density at radius 3 is 2.50 bits per heavy atom. The van der Waals surface area contributed by atoms with Crippen LogP contribution in [0.2, 0.25) is 0 Å². The van der Waals surface area contributed by atoms with E-state index in [1.54, 1.807) is 24.6 Å². The summed E-state index contributed by atoms with van der Waals surface area (Å²) in [5.41, 5.74) is -1.42. The van der Waals surface area contributed by atoms with E-state index >= 15 is 0 Å². The van der Waals surface area contributed by atoms with E-state index in [2.05, 4.69) is 30.9 Å². The van der Waals surface area contributed by atoms with Crippen LogP contribution in [0.4, 0.5) is 4.79 Å². The standard InChI is InChI=1S/C26H30N8O6S2/c1-6-10(2)16-22-29-14(9-42-22)23(37)34-15(7-26(39)24(34)32-25(38)33(26)5)21-28-13(8-41-21)18(35)27-11(3)20-31-17(12(4)40-20)19(36)30-16/h8-11,15-16,24,39H,6-7H2,1-5H3,(H,27,35)(H,30,36)(H,32,38). The van der Waals surface area contributed by atoms with Crippen molar-refractivity contribution in [1.29, 1.82) is 0 Å². The Morgan fingerprint density at radius 1 is 1.07 bits per heavy atom. The van der Waals surface area contributed by atoms with Crippen LogP contribution in [0, 0.1) is 12.8 Å². The summed E-state index contributed by atoms with van der Waals surface area (Å²) < 4.78 is 5.76. The van der Waals surface area contributed by atoms with Crippen LogP contribution in [0.25, 0.3) is 0 Å². The second-order valence-electron chi connectivity index (χ2n) is 10.9. The van der Waals surface area contributed by atoms with E-state index in [4.69, 9.17) is 4.42 Å². The number of aliphatic hydroxyl groups is 1. The molecule has 0 spiro atoms. The first-order valence-electron chi connectivity index (χ1n) is 13.5. The highest BCUT2D eigenvalue weighted by Gasteiger charge is 2.62. The Bertz CT molecular complexity index is 1600. The Labute approximate surface area is 248 Å². The highest BCUT2D eigenvalue weighted by molar-refractivity contribution is 7.10. The number of nitrogens with zero attached hydrogens (tertiary/aromatic N) is 5. The van der Waals surface area contributed by atoms with Crippen LogP contribution in [0.15, 0.2) is 15.2 Å². The summed E-state index contributed by atoms with van der Waals surface area (Å²) in [6.07, 6.45) is -0.381. The molecule has 0 aliphatic carbocycles. The molecule has 222 valence electrons. The van der Waals surface area contributed by atoms with Gasteiger partial charge in [-0.2, -0.15) is 0 Å². The number of hydrogen-bond acceptors (Lipinski definition) is 11. The smallest absolute Gasteiger partial charge is 0.321 e. The number of aromatic nitrogens is 3. The number of thiazole rings is 2. The lowest BCUT2D eigenvalue weighted by Crippen LogP contribution is -2.52. The van der Waals surface area contributed by atoms with E-state index in [1.807, 2.05) is 13.8 Å². The van der Waals surface area contributed by atoms with Crippen LogP contribution in [-0.2, 0) is 0 Å². The number of nitrogens with one attached hydrogen (secondary N) is 3. The zero-order chi connectivity index (χ0) is 30.1. The van der Waals surface area contributed by atoms with Crippen molar-refractivity contribution in [2.75, 3.05) is 7.05 Å². The molecular weight excluding hydrogens is 584 g/mol. The van der Waals surface area contributed by atoms with Crippen molar-refractivity contribution in [1.82, 2.24) is 40.7 Å². The van der Waals surface area contributed by atoms with Crippen molar-refractivity contribution in [2.45, 2.75) is 70.6 Å². The van der Waals surface area contributed by atoms with Crippen molar-refractivity contribution >= 4 is 46.4 Å². The Balaban J connectivity index is 1.47. The fourth-order valence-corrected chi connectivity index (χ4v) is 7.37. The molecule has 6 heterocycles. The first-order chi connectivity index (χ1) is 19.9. The van der Waals surface area contributed by atoms with E-state index in [9.17, 15) is 24.3 Å².